The lowest BCUT2D eigenvalue weighted by Crippen LogP contribution is -2.44. The van der Waals surface area contributed by atoms with Crippen LogP contribution in [0.5, 0.6) is 0 Å². The summed E-state index contributed by atoms with van der Waals surface area (Å²) >= 11 is 0. The number of nitriles is 1. The minimum atomic E-state index is -0.968. The molecule has 0 aliphatic rings. The third-order valence-electron chi connectivity index (χ3n) is 3.50. The number of carbonyl (C=O) groups excluding carboxylic acids is 2. The lowest BCUT2D eigenvalue weighted by molar-refractivity contribution is 0.0431. The number of imide groups is 1. The summed E-state index contributed by atoms with van der Waals surface area (Å²) in [6.45, 7) is 9.98. The van der Waals surface area contributed by atoms with Gasteiger partial charge in [0.1, 0.15) is 16.8 Å². The number of hydrogen-bond donors (Lipinski definition) is 0. The molecule has 154 valence electrons. The molecule has 0 aliphatic carbocycles. The number of rotatable bonds is 2. The van der Waals surface area contributed by atoms with Crippen LogP contribution in [0.4, 0.5) is 15.3 Å². The minimum Gasteiger partial charge on any atom is -0.443 e. The van der Waals surface area contributed by atoms with Gasteiger partial charge in [-0.05, 0) is 59.2 Å². The fourth-order valence-electron chi connectivity index (χ4n) is 2.54. The highest BCUT2D eigenvalue weighted by atomic mass is 16.6. The Hall–Kier alpha value is -3.34. The van der Waals surface area contributed by atoms with Gasteiger partial charge in [-0.2, -0.15) is 10.2 Å². The molecule has 0 aliphatic heterocycles. The van der Waals surface area contributed by atoms with E-state index in [4.69, 9.17) is 13.9 Å². The number of amides is 2. The number of ether oxygens (including phenoxy) is 2. The fraction of sp³-hybridized carbons (Fsp3) is 0.429. The molecule has 0 radical (unpaired) electrons. The van der Waals surface area contributed by atoms with Crippen molar-refractivity contribution in [1.29, 1.82) is 5.26 Å². The highest BCUT2D eigenvalue weighted by Gasteiger charge is 2.35. The molecule has 0 atom stereocenters. The topological polar surface area (TPSA) is 110 Å². The first-order chi connectivity index (χ1) is 13.3. The molecule has 0 N–H and O–H groups in total. The van der Waals surface area contributed by atoms with Crippen LogP contribution < -0.4 is 10.5 Å². The molecule has 2 rings (SSSR count). The molecule has 1 aromatic carbocycles. The Morgan fingerprint density at radius 3 is 2.03 bits per heavy atom. The second-order valence-electron chi connectivity index (χ2n) is 8.37. The third-order valence-corrected chi connectivity index (χ3v) is 3.50. The SMILES string of the molecule is CC(C)(C)OC(=O)N(C(=O)OC(C)(C)C)c1c(CC#N)ccc2oc(=O)ccc12. The van der Waals surface area contributed by atoms with Crippen LogP contribution in [-0.2, 0) is 15.9 Å². The van der Waals surface area contributed by atoms with Gasteiger partial charge in [0.15, 0.2) is 0 Å². The summed E-state index contributed by atoms with van der Waals surface area (Å²) in [7, 11) is 0. The Labute approximate surface area is 168 Å². The Morgan fingerprint density at radius 2 is 1.55 bits per heavy atom. The lowest BCUT2D eigenvalue weighted by Gasteiger charge is -2.30. The number of hydrogen-bond acceptors (Lipinski definition) is 7. The van der Waals surface area contributed by atoms with E-state index in [1.54, 1.807) is 41.5 Å². The minimum absolute atomic E-state index is 0.0799. The van der Waals surface area contributed by atoms with Crippen LogP contribution in [0.15, 0.2) is 33.5 Å². The zero-order valence-electron chi connectivity index (χ0n) is 17.4. The summed E-state index contributed by atoms with van der Waals surface area (Å²) in [5, 5.41) is 9.52. The van der Waals surface area contributed by atoms with Crippen molar-refractivity contribution >= 4 is 28.8 Å². The van der Waals surface area contributed by atoms with Gasteiger partial charge in [-0.3, -0.25) is 0 Å². The predicted molar refractivity (Wildman–Crippen MR) is 107 cm³/mol. The Bertz CT molecular complexity index is 1010. The monoisotopic (exact) mass is 400 g/mol. The summed E-state index contributed by atoms with van der Waals surface area (Å²) < 4.78 is 16.0. The van der Waals surface area contributed by atoms with E-state index in [0.717, 1.165) is 4.90 Å². The van der Waals surface area contributed by atoms with Crippen LogP contribution >= 0.6 is 0 Å². The molecule has 29 heavy (non-hydrogen) atoms. The molecule has 0 saturated heterocycles. The van der Waals surface area contributed by atoms with Crippen molar-refractivity contribution in [3.63, 3.8) is 0 Å². The Balaban J connectivity index is 2.77. The van der Waals surface area contributed by atoms with Gasteiger partial charge < -0.3 is 13.9 Å². The van der Waals surface area contributed by atoms with Crippen LogP contribution in [-0.4, -0.2) is 23.4 Å². The van der Waals surface area contributed by atoms with Crippen molar-refractivity contribution in [2.45, 2.75) is 59.2 Å². The second kappa shape index (κ2) is 7.95. The summed E-state index contributed by atoms with van der Waals surface area (Å²) in [6.07, 6.45) is -2.03. The first-order valence-corrected chi connectivity index (χ1v) is 9.01. The van der Waals surface area contributed by atoms with Gasteiger partial charge in [0.05, 0.1) is 18.2 Å². The maximum absolute atomic E-state index is 13.0. The number of anilines is 1. The van der Waals surface area contributed by atoms with E-state index < -0.39 is 29.0 Å². The Kier molecular flexibility index (Phi) is 6.02. The quantitative estimate of drug-likeness (QED) is 0.681. The molecule has 1 aromatic heterocycles. The van der Waals surface area contributed by atoms with E-state index in [1.165, 1.54) is 24.3 Å². The molecular formula is C21H24N2O6. The van der Waals surface area contributed by atoms with Gasteiger partial charge in [-0.15, -0.1) is 0 Å². The second-order valence-corrected chi connectivity index (χ2v) is 8.37. The van der Waals surface area contributed by atoms with Crippen LogP contribution in [0.2, 0.25) is 0 Å². The molecule has 0 fully saturated rings. The molecule has 8 heteroatoms. The van der Waals surface area contributed by atoms with Gasteiger partial charge in [0.2, 0.25) is 0 Å². The first kappa shape index (κ1) is 22.0. The largest absolute Gasteiger partial charge is 0.443 e. The summed E-state index contributed by atoms with van der Waals surface area (Å²) in [6, 6.07) is 7.64. The normalized spacial score (nSPS) is 11.6. The van der Waals surface area contributed by atoms with Crippen molar-refractivity contribution in [3.8, 4) is 6.07 Å². The van der Waals surface area contributed by atoms with Crippen molar-refractivity contribution in [2.24, 2.45) is 0 Å². The van der Waals surface area contributed by atoms with Gasteiger partial charge >= 0.3 is 17.8 Å². The van der Waals surface area contributed by atoms with Crippen molar-refractivity contribution in [1.82, 2.24) is 0 Å². The predicted octanol–water partition coefficient (Wildman–Crippen LogP) is 4.54. The molecule has 0 saturated carbocycles. The smallest absolute Gasteiger partial charge is 0.424 e. The zero-order valence-corrected chi connectivity index (χ0v) is 17.4. The fourth-order valence-corrected chi connectivity index (χ4v) is 2.54. The molecule has 0 bridgehead atoms. The van der Waals surface area contributed by atoms with Crippen LogP contribution in [0, 0.1) is 11.3 Å². The highest BCUT2D eigenvalue weighted by Crippen LogP contribution is 2.33. The van der Waals surface area contributed by atoms with Gasteiger partial charge in [-0.1, -0.05) is 6.07 Å². The number of fused-ring (bicyclic) bond motifs is 1. The van der Waals surface area contributed by atoms with Gasteiger partial charge in [-0.25, -0.2) is 14.4 Å². The maximum atomic E-state index is 13.0. The third kappa shape index (κ3) is 5.57. The standard InChI is InChI=1S/C21H24N2O6/c1-20(2,3)28-18(25)23(19(26)29-21(4,5)6)17-13(11-12-22)7-9-15-14(17)8-10-16(24)27-15/h7-10H,11H2,1-6H3. The number of nitrogens with zero attached hydrogens (tertiary/aromatic N) is 2. The van der Waals surface area contributed by atoms with E-state index in [2.05, 4.69) is 0 Å². The van der Waals surface area contributed by atoms with E-state index in [9.17, 15) is 19.6 Å². The van der Waals surface area contributed by atoms with Crippen molar-refractivity contribution < 1.29 is 23.5 Å². The summed E-state index contributed by atoms with van der Waals surface area (Å²) in [5.41, 5.74) is -1.74. The van der Waals surface area contributed by atoms with Crippen molar-refractivity contribution in [2.75, 3.05) is 4.90 Å². The maximum Gasteiger partial charge on any atom is 0.424 e. The molecule has 0 spiro atoms. The number of benzene rings is 1. The van der Waals surface area contributed by atoms with E-state index in [1.807, 2.05) is 6.07 Å². The average Bonchev–Trinajstić information content (AvgIpc) is 2.53. The van der Waals surface area contributed by atoms with Crippen LogP contribution in [0.3, 0.4) is 0 Å². The van der Waals surface area contributed by atoms with E-state index in [-0.39, 0.29) is 17.7 Å². The molecule has 2 aromatic rings. The zero-order chi connectivity index (χ0) is 22.0. The Morgan fingerprint density at radius 1 is 1.00 bits per heavy atom. The van der Waals surface area contributed by atoms with E-state index in [0.29, 0.717) is 10.9 Å². The van der Waals surface area contributed by atoms with Crippen molar-refractivity contribution in [3.05, 3.63) is 40.2 Å². The molecule has 1 heterocycles. The van der Waals surface area contributed by atoms with Crippen LogP contribution in [0.1, 0.15) is 47.1 Å². The molecule has 0 unspecified atom stereocenters. The molecule has 2 amide bonds. The van der Waals surface area contributed by atoms with Crippen LogP contribution in [0.25, 0.3) is 11.0 Å². The van der Waals surface area contributed by atoms with Gasteiger partial charge in [0, 0.05) is 11.5 Å². The summed E-state index contributed by atoms with van der Waals surface area (Å²) in [4.78, 5) is 38.3. The first-order valence-electron chi connectivity index (χ1n) is 9.01. The summed E-state index contributed by atoms with van der Waals surface area (Å²) in [5.74, 6) is 0. The molecular weight excluding hydrogens is 376 g/mol. The number of carbonyl (C=O) groups is 2. The highest BCUT2D eigenvalue weighted by molar-refractivity contribution is 6.15. The molecule has 8 nitrogen and oxygen atoms in total. The lowest BCUT2D eigenvalue weighted by atomic mass is 10.0. The van der Waals surface area contributed by atoms with E-state index >= 15 is 0 Å². The average molecular weight is 400 g/mol. The van der Waals surface area contributed by atoms with Gasteiger partial charge in [0.25, 0.3) is 0 Å².